The molecule has 0 aliphatic heterocycles. The van der Waals surface area contributed by atoms with E-state index in [0.29, 0.717) is 12.2 Å². The first-order chi connectivity index (χ1) is 8.92. The molecule has 0 aliphatic carbocycles. The predicted molar refractivity (Wildman–Crippen MR) is 76.5 cm³/mol. The molecule has 0 atom stereocenters. The molecule has 0 heterocycles. The zero-order valence-corrected chi connectivity index (χ0v) is 12.1. The van der Waals surface area contributed by atoms with Gasteiger partial charge in [0, 0.05) is 0 Å². The van der Waals surface area contributed by atoms with Crippen LogP contribution in [-0.4, -0.2) is 18.2 Å². The molecule has 1 rings (SSSR count). The zero-order valence-electron chi connectivity index (χ0n) is 12.1. The van der Waals surface area contributed by atoms with Gasteiger partial charge in [0.05, 0.1) is 12.2 Å². The van der Waals surface area contributed by atoms with E-state index < -0.39 is 5.60 Å². The third-order valence-electron chi connectivity index (χ3n) is 2.28. The molecule has 0 unspecified atom stereocenters. The Morgan fingerprint density at radius 1 is 1.21 bits per heavy atom. The Kier molecular flexibility index (Phi) is 5.61. The van der Waals surface area contributed by atoms with Crippen LogP contribution in [0.1, 0.15) is 44.5 Å². The van der Waals surface area contributed by atoms with E-state index in [-0.39, 0.29) is 5.97 Å². The van der Waals surface area contributed by atoms with E-state index >= 15 is 0 Å². The molecular formula is C16H22O3. The second kappa shape index (κ2) is 6.98. The van der Waals surface area contributed by atoms with Gasteiger partial charge in [0.1, 0.15) is 11.4 Å². The summed E-state index contributed by atoms with van der Waals surface area (Å²) in [6.45, 7) is 8.17. The summed E-state index contributed by atoms with van der Waals surface area (Å²) >= 11 is 0. The standard InChI is InChI=1S/C16H22O3/c1-5-6-7-12-18-14-10-8-13(9-11-14)15(17)19-16(2,3)4/h5-6,8-11H,7,12H2,1-4H3/b6-5+. The molecule has 3 nitrogen and oxygen atoms in total. The van der Waals surface area contributed by atoms with Crippen molar-refractivity contribution in [2.24, 2.45) is 0 Å². The van der Waals surface area contributed by atoms with Gasteiger partial charge in [-0.25, -0.2) is 4.79 Å². The van der Waals surface area contributed by atoms with Crippen molar-refractivity contribution in [3.8, 4) is 5.75 Å². The second-order valence-electron chi connectivity index (χ2n) is 5.23. The van der Waals surface area contributed by atoms with E-state index in [4.69, 9.17) is 9.47 Å². The van der Waals surface area contributed by atoms with Crippen molar-refractivity contribution in [2.45, 2.75) is 39.7 Å². The highest BCUT2D eigenvalue weighted by Gasteiger charge is 2.17. The van der Waals surface area contributed by atoms with Gasteiger partial charge in [-0.15, -0.1) is 0 Å². The highest BCUT2D eigenvalue weighted by atomic mass is 16.6. The van der Waals surface area contributed by atoms with Gasteiger partial charge in [-0.3, -0.25) is 0 Å². The molecule has 0 spiro atoms. The van der Waals surface area contributed by atoms with E-state index in [2.05, 4.69) is 6.08 Å². The minimum absolute atomic E-state index is 0.312. The molecule has 104 valence electrons. The van der Waals surface area contributed by atoms with Crippen molar-refractivity contribution < 1.29 is 14.3 Å². The molecule has 19 heavy (non-hydrogen) atoms. The van der Waals surface area contributed by atoms with Crippen molar-refractivity contribution in [1.29, 1.82) is 0 Å². The van der Waals surface area contributed by atoms with Crippen LogP contribution in [0.4, 0.5) is 0 Å². The van der Waals surface area contributed by atoms with E-state index in [1.807, 2.05) is 33.8 Å². The number of carbonyl (C=O) groups is 1. The lowest BCUT2D eigenvalue weighted by atomic mass is 10.1. The fourth-order valence-corrected chi connectivity index (χ4v) is 1.44. The molecule has 0 aliphatic rings. The molecule has 1 aromatic carbocycles. The Balaban J connectivity index is 2.54. The van der Waals surface area contributed by atoms with Gasteiger partial charge in [0.2, 0.25) is 0 Å². The number of carbonyl (C=O) groups excluding carboxylic acids is 1. The highest BCUT2D eigenvalue weighted by molar-refractivity contribution is 5.89. The van der Waals surface area contributed by atoms with E-state index in [0.717, 1.165) is 12.2 Å². The van der Waals surface area contributed by atoms with Crippen molar-refractivity contribution in [3.05, 3.63) is 42.0 Å². The summed E-state index contributed by atoms with van der Waals surface area (Å²) in [6.07, 6.45) is 4.92. The quantitative estimate of drug-likeness (QED) is 0.457. The topological polar surface area (TPSA) is 35.5 Å². The van der Waals surface area contributed by atoms with E-state index in [1.165, 1.54) is 0 Å². The molecule has 0 aromatic heterocycles. The minimum atomic E-state index is -0.473. The lowest BCUT2D eigenvalue weighted by Crippen LogP contribution is -2.23. The number of allylic oxidation sites excluding steroid dienone is 1. The molecule has 0 radical (unpaired) electrons. The summed E-state index contributed by atoms with van der Waals surface area (Å²) < 4.78 is 10.8. The average Bonchev–Trinajstić information content (AvgIpc) is 2.33. The number of rotatable bonds is 5. The fourth-order valence-electron chi connectivity index (χ4n) is 1.44. The van der Waals surface area contributed by atoms with Crippen LogP contribution in [-0.2, 0) is 4.74 Å². The molecule has 3 heteroatoms. The first-order valence-electron chi connectivity index (χ1n) is 6.50. The van der Waals surface area contributed by atoms with Crippen LogP contribution < -0.4 is 4.74 Å². The van der Waals surface area contributed by atoms with Crippen LogP contribution in [0.25, 0.3) is 0 Å². The lowest BCUT2D eigenvalue weighted by molar-refractivity contribution is 0.00695. The normalized spacial score (nSPS) is 11.6. The van der Waals surface area contributed by atoms with Crippen LogP contribution in [0.15, 0.2) is 36.4 Å². The molecular weight excluding hydrogens is 240 g/mol. The number of hydrogen-bond donors (Lipinski definition) is 0. The molecule has 1 aromatic rings. The van der Waals surface area contributed by atoms with Crippen molar-refractivity contribution >= 4 is 5.97 Å². The maximum atomic E-state index is 11.8. The Bertz CT molecular complexity index is 424. The number of esters is 1. The fraction of sp³-hybridized carbons (Fsp3) is 0.438. The van der Waals surface area contributed by atoms with Gasteiger partial charge >= 0.3 is 5.97 Å². The number of ether oxygens (including phenoxy) is 2. The average molecular weight is 262 g/mol. The first-order valence-corrected chi connectivity index (χ1v) is 6.50. The molecule has 0 bridgehead atoms. The third kappa shape index (κ3) is 6.09. The van der Waals surface area contributed by atoms with Crippen molar-refractivity contribution in [2.75, 3.05) is 6.61 Å². The number of hydrogen-bond acceptors (Lipinski definition) is 3. The van der Waals surface area contributed by atoms with Gasteiger partial charge in [-0.2, -0.15) is 0 Å². The van der Waals surface area contributed by atoms with Crippen molar-refractivity contribution in [1.82, 2.24) is 0 Å². The third-order valence-corrected chi connectivity index (χ3v) is 2.28. The molecule has 0 saturated heterocycles. The monoisotopic (exact) mass is 262 g/mol. The zero-order chi connectivity index (χ0) is 14.3. The molecule has 0 saturated carbocycles. The van der Waals surface area contributed by atoms with E-state index in [1.54, 1.807) is 24.3 Å². The highest BCUT2D eigenvalue weighted by Crippen LogP contribution is 2.16. The molecule has 0 fully saturated rings. The smallest absolute Gasteiger partial charge is 0.338 e. The predicted octanol–water partition coefficient (Wildman–Crippen LogP) is 3.99. The lowest BCUT2D eigenvalue weighted by Gasteiger charge is -2.19. The Hall–Kier alpha value is -1.77. The van der Waals surface area contributed by atoms with Crippen LogP contribution in [0, 0.1) is 0 Å². The largest absolute Gasteiger partial charge is 0.493 e. The maximum Gasteiger partial charge on any atom is 0.338 e. The summed E-state index contributed by atoms with van der Waals surface area (Å²) in [4.78, 5) is 11.8. The molecule has 0 N–H and O–H groups in total. The van der Waals surface area contributed by atoms with Gasteiger partial charge in [0.15, 0.2) is 0 Å². The minimum Gasteiger partial charge on any atom is -0.493 e. The van der Waals surface area contributed by atoms with Crippen LogP contribution in [0.2, 0.25) is 0 Å². The Morgan fingerprint density at radius 3 is 2.37 bits per heavy atom. The van der Waals surface area contributed by atoms with Crippen LogP contribution in [0.3, 0.4) is 0 Å². The van der Waals surface area contributed by atoms with Gasteiger partial charge in [-0.05, 0) is 58.4 Å². The Morgan fingerprint density at radius 2 is 1.84 bits per heavy atom. The summed E-state index contributed by atoms with van der Waals surface area (Å²) in [5, 5.41) is 0. The van der Waals surface area contributed by atoms with Crippen LogP contribution >= 0.6 is 0 Å². The maximum absolute atomic E-state index is 11.8. The van der Waals surface area contributed by atoms with Crippen LogP contribution in [0.5, 0.6) is 5.75 Å². The SMILES string of the molecule is C/C=C/CCOc1ccc(C(=O)OC(C)(C)C)cc1. The first kappa shape index (κ1) is 15.3. The van der Waals surface area contributed by atoms with Gasteiger partial charge in [-0.1, -0.05) is 12.2 Å². The summed E-state index contributed by atoms with van der Waals surface area (Å²) in [7, 11) is 0. The summed E-state index contributed by atoms with van der Waals surface area (Å²) in [5.41, 5.74) is 0.0642. The van der Waals surface area contributed by atoms with E-state index in [9.17, 15) is 4.79 Å². The van der Waals surface area contributed by atoms with Gasteiger partial charge < -0.3 is 9.47 Å². The van der Waals surface area contributed by atoms with Crippen molar-refractivity contribution in [3.63, 3.8) is 0 Å². The summed E-state index contributed by atoms with van der Waals surface area (Å²) in [5.74, 6) is 0.449. The molecule has 0 amide bonds. The number of benzene rings is 1. The second-order valence-corrected chi connectivity index (χ2v) is 5.23. The summed E-state index contributed by atoms with van der Waals surface area (Å²) in [6, 6.07) is 7.02. The van der Waals surface area contributed by atoms with Gasteiger partial charge in [0.25, 0.3) is 0 Å². The Labute approximate surface area is 115 Å².